The minimum Gasteiger partial charge on any atom is -0.495 e. The maximum absolute atomic E-state index is 12.9. The van der Waals surface area contributed by atoms with Crippen molar-refractivity contribution in [3.8, 4) is 5.75 Å². The number of amides is 2. The van der Waals surface area contributed by atoms with Gasteiger partial charge in [0, 0.05) is 52.8 Å². The Kier molecular flexibility index (Phi) is 6.79. The number of fused-ring (bicyclic) bond motifs is 1. The normalized spacial score (nSPS) is 14.8. The van der Waals surface area contributed by atoms with E-state index < -0.39 is 0 Å². The van der Waals surface area contributed by atoms with Crippen molar-refractivity contribution in [1.29, 1.82) is 0 Å². The molecule has 1 N–H and O–H groups in total. The van der Waals surface area contributed by atoms with Crippen LogP contribution in [-0.4, -0.2) is 62.0 Å². The zero-order chi connectivity index (χ0) is 22.7. The molecule has 6 nitrogen and oxygen atoms in total. The van der Waals surface area contributed by atoms with E-state index in [2.05, 4.69) is 10.2 Å². The Morgan fingerprint density at radius 1 is 1.12 bits per heavy atom. The lowest BCUT2D eigenvalue weighted by Crippen LogP contribution is -2.47. The van der Waals surface area contributed by atoms with E-state index in [9.17, 15) is 9.59 Å². The quantitative estimate of drug-likeness (QED) is 0.554. The van der Waals surface area contributed by atoms with E-state index in [0.29, 0.717) is 35.1 Å². The van der Waals surface area contributed by atoms with Gasteiger partial charge in [0.25, 0.3) is 5.91 Å². The molecule has 0 atom stereocenters. The van der Waals surface area contributed by atoms with E-state index in [1.807, 2.05) is 36.2 Å². The van der Waals surface area contributed by atoms with E-state index in [1.165, 1.54) is 24.5 Å². The SMILES string of the molecule is COc1ccc(C(=O)N2CCN(C)CC2)cc1NC(=O)C=Cc1sc2ccccc2c1Cl. The van der Waals surface area contributed by atoms with Crippen LogP contribution in [0.5, 0.6) is 5.75 Å². The third kappa shape index (κ3) is 4.80. The van der Waals surface area contributed by atoms with E-state index in [0.717, 1.165) is 28.1 Å². The number of thiophene rings is 1. The first kappa shape index (κ1) is 22.3. The maximum atomic E-state index is 12.9. The lowest BCUT2D eigenvalue weighted by atomic mass is 10.1. The Bertz CT molecular complexity index is 1180. The van der Waals surface area contributed by atoms with Gasteiger partial charge in [-0.25, -0.2) is 0 Å². The standard InChI is InChI=1S/C24H24ClN3O3S/c1-27-11-13-28(14-12-27)24(30)16-7-8-19(31-2)18(15-16)26-22(29)10-9-21-23(25)17-5-3-4-6-20(17)32-21/h3-10,15H,11-14H2,1-2H3,(H,26,29). The van der Waals surface area contributed by atoms with Gasteiger partial charge in [-0.1, -0.05) is 29.8 Å². The molecule has 4 rings (SSSR count). The number of hydrogen-bond donors (Lipinski definition) is 1. The summed E-state index contributed by atoms with van der Waals surface area (Å²) in [5, 5.41) is 4.42. The highest BCUT2D eigenvalue weighted by atomic mass is 35.5. The van der Waals surface area contributed by atoms with Gasteiger partial charge in [-0.15, -0.1) is 11.3 Å². The van der Waals surface area contributed by atoms with Crippen molar-refractivity contribution in [2.75, 3.05) is 45.7 Å². The predicted octanol–water partition coefficient (Wildman–Crippen LogP) is 4.60. The Hall–Kier alpha value is -2.87. The lowest BCUT2D eigenvalue weighted by Gasteiger charge is -2.32. The molecular formula is C24H24ClN3O3S. The van der Waals surface area contributed by atoms with Gasteiger partial charge in [-0.3, -0.25) is 9.59 Å². The fourth-order valence-electron chi connectivity index (χ4n) is 3.60. The molecule has 0 bridgehead atoms. The molecule has 0 radical (unpaired) electrons. The number of nitrogens with zero attached hydrogens (tertiary/aromatic N) is 2. The van der Waals surface area contributed by atoms with Gasteiger partial charge in [0.15, 0.2) is 0 Å². The molecule has 32 heavy (non-hydrogen) atoms. The number of carbonyl (C=O) groups is 2. The van der Waals surface area contributed by atoms with Gasteiger partial charge in [-0.05, 0) is 37.4 Å². The number of rotatable bonds is 5. The third-order valence-electron chi connectivity index (χ3n) is 5.44. The highest BCUT2D eigenvalue weighted by Crippen LogP contribution is 2.36. The number of nitrogens with one attached hydrogen (secondary N) is 1. The molecule has 3 aromatic rings. The molecule has 0 spiro atoms. The van der Waals surface area contributed by atoms with Gasteiger partial charge in [0.2, 0.25) is 5.91 Å². The maximum Gasteiger partial charge on any atom is 0.254 e. The summed E-state index contributed by atoms with van der Waals surface area (Å²) in [6.45, 7) is 3.05. The number of methoxy groups -OCH3 is 1. The average Bonchev–Trinajstić information content (AvgIpc) is 3.13. The molecule has 2 amide bonds. The van der Waals surface area contributed by atoms with Gasteiger partial charge in [0.1, 0.15) is 5.75 Å². The Morgan fingerprint density at radius 3 is 2.59 bits per heavy atom. The zero-order valence-electron chi connectivity index (χ0n) is 17.9. The summed E-state index contributed by atoms with van der Waals surface area (Å²) in [5.41, 5.74) is 0.965. The van der Waals surface area contributed by atoms with Gasteiger partial charge in [0.05, 0.1) is 17.8 Å². The van der Waals surface area contributed by atoms with Crippen LogP contribution in [0, 0.1) is 0 Å². The van der Waals surface area contributed by atoms with Crippen LogP contribution in [0.25, 0.3) is 16.2 Å². The minimum absolute atomic E-state index is 0.0520. The van der Waals surface area contributed by atoms with E-state index >= 15 is 0 Å². The summed E-state index contributed by atoms with van der Waals surface area (Å²) in [6, 6.07) is 12.9. The van der Waals surface area contributed by atoms with Crippen LogP contribution in [0.1, 0.15) is 15.2 Å². The number of piperazine rings is 1. The topological polar surface area (TPSA) is 61.9 Å². The predicted molar refractivity (Wildman–Crippen MR) is 131 cm³/mol. The highest BCUT2D eigenvalue weighted by Gasteiger charge is 2.21. The van der Waals surface area contributed by atoms with Crippen LogP contribution in [0.4, 0.5) is 5.69 Å². The fraction of sp³-hybridized carbons (Fsp3) is 0.250. The summed E-state index contributed by atoms with van der Waals surface area (Å²) in [4.78, 5) is 30.3. The van der Waals surface area contributed by atoms with Crippen LogP contribution in [-0.2, 0) is 4.79 Å². The second-order valence-electron chi connectivity index (χ2n) is 7.61. The number of halogens is 1. The molecule has 2 aromatic carbocycles. The molecular weight excluding hydrogens is 446 g/mol. The van der Waals surface area contributed by atoms with Crippen molar-refractivity contribution in [3.63, 3.8) is 0 Å². The Morgan fingerprint density at radius 2 is 1.88 bits per heavy atom. The molecule has 8 heteroatoms. The number of anilines is 1. The van der Waals surface area contributed by atoms with Crippen molar-refractivity contribution in [2.24, 2.45) is 0 Å². The van der Waals surface area contributed by atoms with E-state index in [4.69, 9.17) is 16.3 Å². The first-order valence-corrected chi connectivity index (χ1v) is 11.5. The number of carbonyl (C=O) groups excluding carboxylic acids is 2. The first-order chi connectivity index (χ1) is 15.5. The molecule has 2 heterocycles. The van der Waals surface area contributed by atoms with Crippen molar-refractivity contribution in [3.05, 3.63) is 64.0 Å². The Labute approximate surface area is 196 Å². The van der Waals surface area contributed by atoms with Crippen molar-refractivity contribution < 1.29 is 14.3 Å². The second kappa shape index (κ2) is 9.73. The van der Waals surface area contributed by atoms with Crippen LogP contribution < -0.4 is 10.1 Å². The number of ether oxygens (including phenoxy) is 1. The summed E-state index contributed by atoms with van der Waals surface area (Å²) in [6.07, 6.45) is 3.14. The van der Waals surface area contributed by atoms with Crippen molar-refractivity contribution >= 4 is 56.6 Å². The van der Waals surface area contributed by atoms with Gasteiger partial charge in [-0.2, -0.15) is 0 Å². The van der Waals surface area contributed by atoms with Crippen LogP contribution >= 0.6 is 22.9 Å². The molecule has 0 aliphatic carbocycles. The molecule has 1 aromatic heterocycles. The van der Waals surface area contributed by atoms with Gasteiger partial charge < -0.3 is 19.9 Å². The largest absolute Gasteiger partial charge is 0.495 e. The number of hydrogen-bond acceptors (Lipinski definition) is 5. The van der Waals surface area contributed by atoms with Crippen LogP contribution in [0.15, 0.2) is 48.5 Å². The Balaban J connectivity index is 1.50. The molecule has 1 fully saturated rings. The van der Waals surface area contributed by atoms with Crippen LogP contribution in [0.2, 0.25) is 5.02 Å². The molecule has 0 saturated carbocycles. The summed E-state index contributed by atoms with van der Waals surface area (Å²) < 4.78 is 6.44. The average molecular weight is 470 g/mol. The smallest absolute Gasteiger partial charge is 0.254 e. The highest BCUT2D eigenvalue weighted by molar-refractivity contribution is 7.20. The summed E-state index contributed by atoms with van der Waals surface area (Å²) in [5.74, 6) is 0.103. The van der Waals surface area contributed by atoms with Crippen molar-refractivity contribution in [1.82, 2.24) is 9.80 Å². The zero-order valence-corrected chi connectivity index (χ0v) is 19.5. The minimum atomic E-state index is -0.332. The van der Waals surface area contributed by atoms with E-state index in [1.54, 1.807) is 24.3 Å². The number of benzene rings is 2. The van der Waals surface area contributed by atoms with Gasteiger partial charge >= 0.3 is 0 Å². The summed E-state index contributed by atoms with van der Waals surface area (Å²) in [7, 11) is 3.57. The molecule has 1 aliphatic heterocycles. The molecule has 1 aliphatic rings. The third-order valence-corrected chi connectivity index (χ3v) is 7.10. The molecule has 166 valence electrons. The monoisotopic (exact) mass is 469 g/mol. The summed E-state index contributed by atoms with van der Waals surface area (Å²) >= 11 is 7.97. The van der Waals surface area contributed by atoms with E-state index in [-0.39, 0.29) is 11.8 Å². The lowest BCUT2D eigenvalue weighted by molar-refractivity contribution is -0.111. The first-order valence-electron chi connectivity index (χ1n) is 10.3. The number of likely N-dealkylation sites (N-methyl/N-ethyl adjacent to an activating group) is 1. The van der Waals surface area contributed by atoms with Crippen molar-refractivity contribution in [2.45, 2.75) is 0 Å². The molecule has 0 unspecified atom stereocenters. The second-order valence-corrected chi connectivity index (χ2v) is 9.07. The molecule has 1 saturated heterocycles. The van der Waals surface area contributed by atoms with Crippen LogP contribution in [0.3, 0.4) is 0 Å². The fourth-order valence-corrected chi connectivity index (χ4v) is 5.00.